The molecule has 1 heterocycles. The molecule has 16 nitrogen and oxygen atoms in total. The minimum Gasteiger partial charge on any atom is -0.508 e. The van der Waals surface area contributed by atoms with Crippen LogP contribution in [0.15, 0.2) is 95.3 Å². The Labute approximate surface area is 456 Å². The molecular formula is C62H73NO15. The predicted octanol–water partition coefficient (Wildman–Crippen LogP) is 9.86. The molecule has 4 aromatic rings. The monoisotopic (exact) mass is 1070 g/mol. The maximum absolute atomic E-state index is 13.9. The Balaban J connectivity index is 0.000000268. The summed E-state index contributed by atoms with van der Waals surface area (Å²) in [5.41, 5.74) is 12.2. The maximum atomic E-state index is 13.9. The lowest BCUT2D eigenvalue weighted by Gasteiger charge is -2.38. The summed E-state index contributed by atoms with van der Waals surface area (Å²) < 4.78 is 19.7. The molecule has 78 heavy (non-hydrogen) atoms. The minimum absolute atomic E-state index is 0.0189. The number of ketones is 4. The average Bonchev–Trinajstić information content (AvgIpc) is 3.44. The second kappa shape index (κ2) is 30.1. The third-order valence-corrected chi connectivity index (χ3v) is 13.0. The van der Waals surface area contributed by atoms with Gasteiger partial charge in [-0.2, -0.15) is 0 Å². The largest absolute Gasteiger partial charge is 0.508 e. The molecule has 2 atom stereocenters. The van der Waals surface area contributed by atoms with Crippen molar-refractivity contribution in [3.8, 4) is 11.5 Å². The van der Waals surface area contributed by atoms with Gasteiger partial charge in [-0.25, -0.2) is 4.79 Å². The summed E-state index contributed by atoms with van der Waals surface area (Å²) in [7, 11) is 0. The van der Waals surface area contributed by atoms with E-state index in [2.05, 4.69) is 80.6 Å². The molecular weight excluding hydrogens is 999 g/mol. The van der Waals surface area contributed by atoms with Crippen molar-refractivity contribution in [1.82, 2.24) is 5.32 Å². The van der Waals surface area contributed by atoms with Gasteiger partial charge in [-0.05, 0) is 151 Å². The summed E-state index contributed by atoms with van der Waals surface area (Å²) in [6, 6.07) is 21.2. The first-order valence-corrected chi connectivity index (χ1v) is 26.2. The van der Waals surface area contributed by atoms with Gasteiger partial charge in [0.15, 0.2) is 11.6 Å². The summed E-state index contributed by atoms with van der Waals surface area (Å²) in [6.07, 6.45) is 1.81. The van der Waals surface area contributed by atoms with Crippen LogP contribution in [-0.4, -0.2) is 89.9 Å². The van der Waals surface area contributed by atoms with Crippen molar-refractivity contribution in [3.05, 3.63) is 151 Å². The molecule has 3 aliphatic rings. The fraction of sp³-hybridized carbons (Fsp3) is 0.403. The van der Waals surface area contributed by atoms with Crippen LogP contribution in [0.1, 0.15) is 157 Å². The number of carbonyl (C=O) groups excluding carboxylic acids is 9. The first kappa shape index (κ1) is 62.5. The number of aldehydes is 1. The number of aromatic hydroxyl groups is 2. The van der Waals surface area contributed by atoms with Gasteiger partial charge in [0.1, 0.15) is 42.2 Å². The number of esters is 4. The molecule has 16 heteroatoms. The highest BCUT2D eigenvalue weighted by atomic mass is 16.5. The number of phenolic OH excluding ortho intramolecular Hbond substituents is 2. The number of hydrogen-bond acceptors (Lipinski definition) is 16. The number of hydrogen-bond donors (Lipinski definition) is 3. The van der Waals surface area contributed by atoms with E-state index in [0.717, 1.165) is 16.7 Å². The maximum Gasteiger partial charge on any atom is 0.336 e. The molecule has 0 spiro atoms. The molecule has 3 N–H and O–H groups in total. The van der Waals surface area contributed by atoms with Crippen molar-refractivity contribution in [2.24, 2.45) is 0 Å². The van der Waals surface area contributed by atoms with Crippen LogP contribution in [0.25, 0.3) is 0 Å². The standard InChI is InChI=1S/C31H35NO6.C15H18O2.C9H14O5.C7H6O2/c1-6-37-26(35)16-24-30(31(36)38-7-2)28(20-9-8-10-22(33)13-20)29-23(32-24)14-21(15-25(29)34)27-18(4)11-17(3)12-19(27)5;1-9-4-10(2)15(11(3)5-9)12-6-13(16)8-14(17)7-12;1-3-13-8(11)5-7(10)6-9(12)14-4-2;8-5-6-2-1-3-7(9)4-6/h8-13,21,28,32-33H,6-7,14-16H2,1-5H3;4-5,12H,6-8H2,1-3H3;3-6H2,1-2H3;1-5,9H. The molecule has 7 rings (SSSR count). The zero-order valence-electron chi connectivity index (χ0n) is 46.4. The van der Waals surface area contributed by atoms with Crippen molar-refractivity contribution in [1.29, 1.82) is 0 Å². The van der Waals surface area contributed by atoms with Crippen molar-refractivity contribution in [3.63, 3.8) is 0 Å². The first-order chi connectivity index (χ1) is 37.0. The number of benzene rings is 4. The second-order valence-electron chi connectivity index (χ2n) is 19.4. The smallest absolute Gasteiger partial charge is 0.336 e. The van der Waals surface area contributed by atoms with Crippen LogP contribution in [0.2, 0.25) is 0 Å². The Kier molecular flexibility index (Phi) is 24.1. The van der Waals surface area contributed by atoms with E-state index in [1.165, 1.54) is 46.0 Å². The molecule has 0 bridgehead atoms. The van der Waals surface area contributed by atoms with E-state index in [0.29, 0.717) is 60.1 Å². The lowest BCUT2D eigenvalue weighted by molar-refractivity contribution is -0.149. The summed E-state index contributed by atoms with van der Waals surface area (Å²) in [5, 5.41) is 22.4. The zero-order valence-corrected chi connectivity index (χ0v) is 46.4. The van der Waals surface area contributed by atoms with Gasteiger partial charge in [0.25, 0.3) is 0 Å². The fourth-order valence-electron chi connectivity index (χ4n) is 10.4. The third-order valence-electron chi connectivity index (χ3n) is 13.0. The van der Waals surface area contributed by atoms with E-state index in [-0.39, 0.29) is 98.4 Å². The molecule has 0 radical (unpaired) electrons. The summed E-state index contributed by atoms with van der Waals surface area (Å²) in [4.78, 5) is 106. The van der Waals surface area contributed by atoms with E-state index >= 15 is 0 Å². The molecule has 1 saturated carbocycles. The van der Waals surface area contributed by atoms with Gasteiger partial charge in [-0.3, -0.25) is 38.4 Å². The van der Waals surface area contributed by atoms with Crippen molar-refractivity contribution in [2.75, 3.05) is 26.4 Å². The van der Waals surface area contributed by atoms with Crippen LogP contribution >= 0.6 is 0 Å². The van der Waals surface area contributed by atoms with Gasteiger partial charge in [0.2, 0.25) is 0 Å². The summed E-state index contributed by atoms with van der Waals surface area (Å²) in [5.74, 6) is -3.29. The van der Waals surface area contributed by atoms with E-state index in [1.807, 2.05) is 0 Å². The fourth-order valence-corrected chi connectivity index (χ4v) is 10.4. The average molecular weight is 1070 g/mol. The molecule has 0 aromatic heterocycles. The van der Waals surface area contributed by atoms with Gasteiger partial charge in [0, 0.05) is 47.7 Å². The van der Waals surface area contributed by atoms with Crippen LogP contribution in [0, 0.1) is 41.5 Å². The molecule has 0 amide bonds. The Morgan fingerprint density at radius 1 is 0.590 bits per heavy atom. The number of ether oxygens (including phenoxy) is 4. The molecule has 0 saturated heterocycles. The predicted molar refractivity (Wildman–Crippen MR) is 292 cm³/mol. The van der Waals surface area contributed by atoms with Gasteiger partial charge < -0.3 is 34.5 Å². The zero-order chi connectivity index (χ0) is 57.8. The lowest BCUT2D eigenvalue weighted by Crippen LogP contribution is -2.37. The SMILES string of the molecule is CCOC(=O)CC(=O)CC(=O)OCC.CCOC(=O)CC1=C(C(=O)OCC)C(c2cccc(O)c2)C2=C(CC(c3c(C)cc(C)cc3C)CC2=O)N1.Cc1cc(C)c(C2CC(=O)CC(=O)C2)c(C)c1.O=Cc1cccc(O)c1. The van der Waals surface area contributed by atoms with Crippen molar-refractivity contribution in [2.45, 2.75) is 138 Å². The van der Waals surface area contributed by atoms with Crippen LogP contribution in [0.5, 0.6) is 11.5 Å². The van der Waals surface area contributed by atoms with E-state index in [4.69, 9.17) is 14.6 Å². The van der Waals surface area contributed by atoms with Crippen LogP contribution < -0.4 is 5.32 Å². The highest BCUT2D eigenvalue weighted by Crippen LogP contribution is 2.47. The Hall–Kier alpha value is -8.01. The molecule has 4 aromatic carbocycles. The van der Waals surface area contributed by atoms with E-state index in [9.17, 15) is 48.3 Å². The molecule has 2 aliphatic carbocycles. The van der Waals surface area contributed by atoms with E-state index < -0.39 is 35.6 Å². The van der Waals surface area contributed by atoms with Crippen LogP contribution in [0.3, 0.4) is 0 Å². The first-order valence-electron chi connectivity index (χ1n) is 26.2. The number of nitrogens with one attached hydrogen (secondary N) is 1. The Morgan fingerprint density at radius 3 is 1.50 bits per heavy atom. The van der Waals surface area contributed by atoms with E-state index in [1.54, 1.807) is 58.0 Å². The number of rotatable bonds is 15. The number of carbonyl (C=O) groups is 9. The molecule has 2 unspecified atom stereocenters. The molecule has 416 valence electrons. The Morgan fingerprint density at radius 2 is 1.05 bits per heavy atom. The molecule has 1 aliphatic heterocycles. The normalized spacial score (nSPS) is 15.8. The lowest BCUT2D eigenvalue weighted by atomic mass is 9.70. The summed E-state index contributed by atoms with van der Waals surface area (Å²) in [6.45, 7) is 19.9. The van der Waals surface area contributed by atoms with Crippen LogP contribution in [-0.2, 0) is 57.3 Å². The Bertz CT molecular complexity index is 2880. The topological polar surface area (TPSA) is 243 Å². The highest BCUT2D eigenvalue weighted by molar-refractivity contribution is 6.05. The number of dihydropyridines is 1. The highest BCUT2D eigenvalue weighted by Gasteiger charge is 2.43. The van der Waals surface area contributed by atoms with Crippen LogP contribution in [0.4, 0.5) is 0 Å². The third kappa shape index (κ3) is 18.1. The minimum atomic E-state index is -0.782. The number of Topliss-reactive ketones (excluding diaryl/α,β-unsaturated/α-hetero) is 4. The van der Waals surface area contributed by atoms with Crippen molar-refractivity contribution < 1.29 is 72.3 Å². The second-order valence-corrected chi connectivity index (χ2v) is 19.4. The van der Waals surface area contributed by atoms with Gasteiger partial charge in [-0.1, -0.05) is 59.7 Å². The van der Waals surface area contributed by atoms with Gasteiger partial charge >= 0.3 is 23.9 Å². The number of allylic oxidation sites excluding steroid dienone is 2. The molecule has 1 fully saturated rings. The van der Waals surface area contributed by atoms with Gasteiger partial charge in [0.05, 0.1) is 44.8 Å². The number of aryl methyl sites for hydroxylation is 6. The van der Waals surface area contributed by atoms with Gasteiger partial charge in [-0.15, -0.1) is 0 Å². The number of phenols is 2. The quantitative estimate of drug-likeness (QED) is 0.0434. The van der Waals surface area contributed by atoms with Crippen molar-refractivity contribution >= 4 is 53.3 Å². The summed E-state index contributed by atoms with van der Waals surface area (Å²) >= 11 is 0.